The van der Waals surface area contributed by atoms with E-state index in [1.807, 2.05) is 0 Å². The zero-order chi connectivity index (χ0) is 13.2. The Morgan fingerprint density at radius 3 is 2.67 bits per heavy atom. The predicted octanol–water partition coefficient (Wildman–Crippen LogP) is 2.49. The summed E-state index contributed by atoms with van der Waals surface area (Å²) in [7, 11) is -3.38. The molecule has 1 saturated heterocycles. The largest absolute Gasteiger partial charge is 0.315 e. The Bertz CT molecular complexity index is 528. The maximum Gasteiger partial charge on any atom is 0.236 e. The molecule has 1 heterocycles. The van der Waals surface area contributed by atoms with E-state index >= 15 is 0 Å². The minimum Gasteiger partial charge on any atom is -0.315 e. The minimum absolute atomic E-state index is 0.332. The van der Waals surface area contributed by atoms with Crippen LogP contribution in [0.3, 0.4) is 0 Å². The smallest absolute Gasteiger partial charge is 0.236 e. The van der Waals surface area contributed by atoms with E-state index in [4.69, 9.17) is 23.2 Å². The summed E-state index contributed by atoms with van der Waals surface area (Å²) in [6.07, 6.45) is 1.54. The Hall–Kier alpha value is -0.490. The van der Waals surface area contributed by atoms with Crippen molar-refractivity contribution in [3.8, 4) is 0 Å². The van der Waals surface area contributed by atoms with Crippen molar-refractivity contribution in [1.82, 2.24) is 5.32 Å². The van der Waals surface area contributed by atoms with Crippen molar-refractivity contribution in [2.45, 2.75) is 18.1 Å². The summed E-state index contributed by atoms with van der Waals surface area (Å²) in [6, 6.07) is 4.68. The van der Waals surface area contributed by atoms with Gasteiger partial charge in [0.2, 0.25) is 10.0 Å². The molecule has 0 bridgehead atoms. The first-order valence-electron chi connectivity index (χ1n) is 5.66. The van der Waals surface area contributed by atoms with Crippen molar-refractivity contribution in [3.63, 3.8) is 0 Å². The van der Waals surface area contributed by atoms with E-state index in [0.29, 0.717) is 28.7 Å². The van der Waals surface area contributed by atoms with Crippen LogP contribution in [0.5, 0.6) is 0 Å². The molecule has 0 spiro atoms. The molecule has 1 fully saturated rings. The Balaban J connectivity index is 2.13. The third kappa shape index (κ3) is 3.29. The fourth-order valence-corrected chi connectivity index (χ4v) is 3.63. The second-order valence-electron chi connectivity index (χ2n) is 4.24. The van der Waals surface area contributed by atoms with Crippen LogP contribution in [0.1, 0.15) is 12.8 Å². The summed E-state index contributed by atoms with van der Waals surface area (Å²) >= 11 is 11.6. The number of piperidine rings is 1. The number of nitrogens with one attached hydrogen (secondary N) is 2. The molecule has 18 heavy (non-hydrogen) atoms. The summed E-state index contributed by atoms with van der Waals surface area (Å²) in [5.74, 6) is 0. The van der Waals surface area contributed by atoms with Crippen molar-refractivity contribution in [2.24, 2.45) is 0 Å². The standard InChI is InChI=1S/C11H14Cl2N2O2S/c12-10-4-3-8(6-11(10)13)15-18(16,17)9-2-1-5-14-7-9/h3-4,6,9,14-15H,1-2,5,7H2. The molecule has 0 aliphatic carbocycles. The van der Waals surface area contributed by atoms with Gasteiger partial charge in [0.1, 0.15) is 0 Å². The highest BCUT2D eigenvalue weighted by atomic mass is 35.5. The Labute approximate surface area is 117 Å². The van der Waals surface area contributed by atoms with Gasteiger partial charge < -0.3 is 5.32 Å². The van der Waals surface area contributed by atoms with E-state index in [0.717, 1.165) is 13.0 Å². The van der Waals surface area contributed by atoms with E-state index in [1.54, 1.807) is 12.1 Å². The molecule has 2 rings (SSSR count). The molecule has 2 N–H and O–H groups in total. The third-order valence-electron chi connectivity index (χ3n) is 2.87. The molecule has 1 aliphatic heterocycles. The van der Waals surface area contributed by atoms with E-state index in [2.05, 4.69) is 10.0 Å². The molecule has 0 aromatic heterocycles. The van der Waals surface area contributed by atoms with E-state index in [9.17, 15) is 8.42 Å². The first-order valence-corrected chi connectivity index (χ1v) is 7.97. The second-order valence-corrected chi connectivity index (χ2v) is 7.02. The number of anilines is 1. The van der Waals surface area contributed by atoms with Gasteiger partial charge in [-0.25, -0.2) is 8.42 Å². The number of hydrogen-bond donors (Lipinski definition) is 2. The Morgan fingerprint density at radius 1 is 1.28 bits per heavy atom. The number of halogens is 2. The molecule has 7 heteroatoms. The molecule has 1 unspecified atom stereocenters. The van der Waals surface area contributed by atoms with Gasteiger partial charge in [-0.15, -0.1) is 0 Å². The number of rotatable bonds is 3. The first-order chi connectivity index (χ1) is 8.49. The lowest BCUT2D eigenvalue weighted by Gasteiger charge is -2.23. The zero-order valence-corrected chi connectivity index (χ0v) is 11.9. The van der Waals surface area contributed by atoms with Crippen LogP contribution in [-0.2, 0) is 10.0 Å². The molecule has 0 saturated carbocycles. The molecule has 1 aromatic rings. The van der Waals surface area contributed by atoms with Gasteiger partial charge in [0.25, 0.3) is 0 Å². The number of benzene rings is 1. The van der Waals surface area contributed by atoms with Gasteiger partial charge in [0.15, 0.2) is 0 Å². The van der Waals surface area contributed by atoms with Gasteiger partial charge in [0.05, 0.1) is 21.0 Å². The van der Waals surface area contributed by atoms with Crippen molar-refractivity contribution in [3.05, 3.63) is 28.2 Å². The van der Waals surface area contributed by atoms with Gasteiger partial charge in [0, 0.05) is 6.54 Å². The molecule has 0 radical (unpaired) electrons. The monoisotopic (exact) mass is 308 g/mol. The molecule has 0 amide bonds. The van der Waals surface area contributed by atoms with Gasteiger partial charge in [-0.3, -0.25) is 4.72 Å². The fourth-order valence-electron chi connectivity index (χ4n) is 1.89. The normalized spacial score (nSPS) is 20.7. The van der Waals surface area contributed by atoms with E-state index < -0.39 is 15.3 Å². The number of hydrogen-bond acceptors (Lipinski definition) is 3. The molecular weight excluding hydrogens is 295 g/mol. The fraction of sp³-hybridized carbons (Fsp3) is 0.455. The SMILES string of the molecule is O=S(=O)(Nc1ccc(Cl)c(Cl)c1)C1CCCNC1. The minimum atomic E-state index is -3.38. The topological polar surface area (TPSA) is 58.2 Å². The van der Waals surface area contributed by atoms with Gasteiger partial charge >= 0.3 is 0 Å². The molecule has 1 aliphatic rings. The summed E-state index contributed by atoms with van der Waals surface area (Å²) < 4.78 is 26.8. The summed E-state index contributed by atoms with van der Waals surface area (Å²) in [5, 5.41) is 3.41. The molecule has 1 aromatic carbocycles. The third-order valence-corrected chi connectivity index (χ3v) is 5.41. The zero-order valence-electron chi connectivity index (χ0n) is 9.62. The maximum absolute atomic E-state index is 12.1. The summed E-state index contributed by atoms with van der Waals surface area (Å²) in [5.41, 5.74) is 0.440. The van der Waals surface area contributed by atoms with Gasteiger partial charge in [-0.05, 0) is 37.6 Å². The highest BCUT2D eigenvalue weighted by Crippen LogP contribution is 2.26. The summed E-state index contributed by atoms with van der Waals surface area (Å²) in [4.78, 5) is 0. The van der Waals surface area contributed by atoms with Crippen molar-refractivity contribution >= 4 is 38.9 Å². The lowest BCUT2D eigenvalue weighted by molar-refractivity contribution is 0.499. The van der Waals surface area contributed by atoms with Crippen LogP contribution in [0.25, 0.3) is 0 Å². The van der Waals surface area contributed by atoms with Crippen LogP contribution < -0.4 is 10.0 Å². The predicted molar refractivity (Wildman–Crippen MR) is 74.9 cm³/mol. The number of sulfonamides is 1. The molecular formula is C11H14Cl2N2O2S. The summed E-state index contributed by atoms with van der Waals surface area (Å²) in [6.45, 7) is 1.36. The van der Waals surface area contributed by atoms with Gasteiger partial charge in [-0.2, -0.15) is 0 Å². The van der Waals surface area contributed by atoms with Crippen LogP contribution >= 0.6 is 23.2 Å². The Morgan fingerprint density at radius 2 is 2.06 bits per heavy atom. The van der Waals surface area contributed by atoms with Crippen molar-refractivity contribution < 1.29 is 8.42 Å². The second kappa shape index (κ2) is 5.65. The van der Waals surface area contributed by atoms with Crippen LogP contribution in [0.15, 0.2) is 18.2 Å². The highest BCUT2D eigenvalue weighted by molar-refractivity contribution is 7.93. The average molecular weight is 309 g/mol. The Kier molecular flexibility index (Phi) is 4.37. The maximum atomic E-state index is 12.1. The van der Waals surface area contributed by atoms with Crippen LogP contribution in [0.4, 0.5) is 5.69 Å². The molecule has 100 valence electrons. The lowest BCUT2D eigenvalue weighted by atomic mass is 10.2. The lowest BCUT2D eigenvalue weighted by Crippen LogP contribution is -2.41. The molecule has 4 nitrogen and oxygen atoms in total. The van der Waals surface area contributed by atoms with Crippen molar-refractivity contribution in [2.75, 3.05) is 17.8 Å². The van der Waals surface area contributed by atoms with Crippen molar-refractivity contribution in [1.29, 1.82) is 0 Å². The van der Waals surface area contributed by atoms with Gasteiger partial charge in [-0.1, -0.05) is 23.2 Å². The van der Waals surface area contributed by atoms with Crippen LogP contribution in [-0.4, -0.2) is 26.8 Å². The van der Waals surface area contributed by atoms with E-state index in [1.165, 1.54) is 6.07 Å². The van der Waals surface area contributed by atoms with Crippen LogP contribution in [0, 0.1) is 0 Å². The molecule has 1 atom stereocenters. The van der Waals surface area contributed by atoms with Crippen LogP contribution in [0.2, 0.25) is 10.0 Å². The average Bonchev–Trinajstić information content (AvgIpc) is 2.35. The van der Waals surface area contributed by atoms with E-state index in [-0.39, 0.29) is 0 Å². The highest BCUT2D eigenvalue weighted by Gasteiger charge is 2.27. The first kappa shape index (κ1) is 13.9. The quantitative estimate of drug-likeness (QED) is 0.902.